The molecule has 1 fully saturated rings. The first-order valence-electron chi connectivity index (χ1n) is 9.00. The highest BCUT2D eigenvalue weighted by Crippen LogP contribution is 2.08. The van der Waals surface area contributed by atoms with Crippen molar-refractivity contribution < 1.29 is 0 Å². The molecule has 0 spiro atoms. The maximum Gasteiger partial charge on any atom is 0.203 e. The fourth-order valence-electron chi connectivity index (χ4n) is 3.26. The van der Waals surface area contributed by atoms with Crippen LogP contribution in [0.5, 0.6) is 0 Å². The van der Waals surface area contributed by atoms with Crippen molar-refractivity contribution in [2.45, 2.75) is 6.67 Å². The lowest BCUT2D eigenvalue weighted by Crippen LogP contribution is -2.46. The monoisotopic (exact) mass is 365 g/mol. The average molecular weight is 366 g/mol. The molecule has 0 radical (unpaired) electrons. The first kappa shape index (κ1) is 17.1. The molecule has 1 aromatic carbocycles. The summed E-state index contributed by atoms with van der Waals surface area (Å²) in [5.41, 5.74) is 2.16. The molecule has 26 heavy (non-hydrogen) atoms. The number of nitrogens with zero attached hydrogens (tertiary/aromatic N) is 5. The van der Waals surface area contributed by atoms with Crippen LogP contribution in [0.2, 0.25) is 0 Å². The van der Waals surface area contributed by atoms with E-state index in [9.17, 15) is 0 Å². The van der Waals surface area contributed by atoms with Gasteiger partial charge in [0.15, 0.2) is 5.65 Å². The SMILES string of the molecule is S=c1n(CN2CCN(C/C=C/c3ccccc3)CC2)nc2ccccn12. The van der Waals surface area contributed by atoms with Crippen molar-refractivity contribution in [2.24, 2.45) is 0 Å². The second-order valence-electron chi connectivity index (χ2n) is 6.58. The van der Waals surface area contributed by atoms with Crippen LogP contribution in [0, 0.1) is 4.77 Å². The van der Waals surface area contributed by atoms with Crippen molar-refractivity contribution in [1.29, 1.82) is 0 Å². The summed E-state index contributed by atoms with van der Waals surface area (Å²) < 4.78 is 4.64. The van der Waals surface area contributed by atoms with Gasteiger partial charge in [0.05, 0.1) is 6.67 Å². The number of rotatable bonds is 5. The third kappa shape index (κ3) is 3.93. The van der Waals surface area contributed by atoms with Gasteiger partial charge in [-0.25, -0.2) is 4.68 Å². The van der Waals surface area contributed by atoms with Crippen molar-refractivity contribution in [1.82, 2.24) is 24.0 Å². The number of hydrogen-bond acceptors (Lipinski definition) is 4. The molecule has 6 heteroatoms. The Morgan fingerprint density at radius 3 is 2.42 bits per heavy atom. The van der Waals surface area contributed by atoms with Crippen LogP contribution in [0.4, 0.5) is 0 Å². The molecule has 5 nitrogen and oxygen atoms in total. The molecule has 2 aromatic heterocycles. The van der Waals surface area contributed by atoms with E-state index in [2.05, 4.69) is 51.3 Å². The van der Waals surface area contributed by atoms with Crippen molar-refractivity contribution in [2.75, 3.05) is 32.7 Å². The van der Waals surface area contributed by atoms with Crippen molar-refractivity contribution >= 4 is 23.9 Å². The molecule has 0 unspecified atom stereocenters. The third-order valence-electron chi connectivity index (χ3n) is 4.76. The maximum atomic E-state index is 5.54. The summed E-state index contributed by atoms with van der Waals surface area (Å²) in [6.45, 7) is 5.97. The van der Waals surface area contributed by atoms with Gasteiger partial charge in [0.1, 0.15) is 0 Å². The van der Waals surface area contributed by atoms with Gasteiger partial charge in [-0.1, -0.05) is 48.6 Å². The molecule has 0 aliphatic carbocycles. The summed E-state index contributed by atoms with van der Waals surface area (Å²) in [6, 6.07) is 16.4. The number of pyridine rings is 1. The Morgan fingerprint density at radius 2 is 1.65 bits per heavy atom. The van der Waals surface area contributed by atoms with Crippen LogP contribution in [0.25, 0.3) is 11.7 Å². The maximum absolute atomic E-state index is 5.54. The second kappa shape index (κ2) is 7.95. The summed E-state index contributed by atoms with van der Waals surface area (Å²) in [4.78, 5) is 4.90. The van der Waals surface area contributed by atoms with Gasteiger partial charge in [-0.05, 0) is 29.9 Å². The molecule has 1 aliphatic rings. The first-order valence-corrected chi connectivity index (χ1v) is 9.41. The van der Waals surface area contributed by atoms with Crippen molar-refractivity contribution in [3.05, 3.63) is 71.1 Å². The van der Waals surface area contributed by atoms with Gasteiger partial charge in [-0.15, -0.1) is 0 Å². The van der Waals surface area contributed by atoms with Gasteiger partial charge < -0.3 is 0 Å². The van der Waals surface area contributed by atoms with Gasteiger partial charge >= 0.3 is 0 Å². The van der Waals surface area contributed by atoms with Crippen LogP contribution in [0.1, 0.15) is 5.56 Å². The van der Waals surface area contributed by atoms with Crippen LogP contribution in [0.15, 0.2) is 60.8 Å². The lowest BCUT2D eigenvalue weighted by molar-refractivity contribution is 0.110. The molecule has 1 saturated heterocycles. The van der Waals surface area contributed by atoms with Gasteiger partial charge in [-0.3, -0.25) is 14.2 Å². The highest BCUT2D eigenvalue weighted by atomic mass is 32.1. The zero-order valence-electron chi connectivity index (χ0n) is 14.7. The summed E-state index contributed by atoms with van der Waals surface area (Å²) in [5, 5.41) is 4.62. The minimum atomic E-state index is 0.758. The number of hydrogen-bond donors (Lipinski definition) is 0. The van der Waals surface area contributed by atoms with E-state index in [4.69, 9.17) is 12.2 Å². The quantitative estimate of drug-likeness (QED) is 0.650. The first-order chi connectivity index (χ1) is 12.8. The topological polar surface area (TPSA) is 28.7 Å². The number of benzene rings is 1. The zero-order valence-corrected chi connectivity index (χ0v) is 15.6. The van der Waals surface area contributed by atoms with Crippen LogP contribution < -0.4 is 0 Å². The average Bonchev–Trinajstić information content (AvgIpc) is 3.00. The summed E-state index contributed by atoms with van der Waals surface area (Å²) >= 11 is 5.54. The van der Waals surface area contributed by atoms with Gasteiger partial charge in [0, 0.05) is 38.9 Å². The van der Waals surface area contributed by atoms with Crippen molar-refractivity contribution in [3.63, 3.8) is 0 Å². The molecule has 0 bridgehead atoms. The number of aromatic nitrogens is 3. The highest BCUT2D eigenvalue weighted by molar-refractivity contribution is 7.71. The smallest absolute Gasteiger partial charge is 0.203 e. The Morgan fingerprint density at radius 1 is 0.923 bits per heavy atom. The van der Waals surface area contributed by atoms with Crippen LogP contribution in [-0.2, 0) is 6.67 Å². The second-order valence-corrected chi connectivity index (χ2v) is 6.95. The van der Waals surface area contributed by atoms with Crippen molar-refractivity contribution in [3.8, 4) is 0 Å². The lowest BCUT2D eigenvalue weighted by atomic mass is 10.2. The molecule has 134 valence electrons. The molecular formula is C20H23N5S. The van der Waals surface area contributed by atoms with Gasteiger partial charge in [0.2, 0.25) is 4.77 Å². The minimum absolute atomic E-state index is 0.758. The zero-order chi connectivity index (χ0) is 17.8. The van der Waals surface area contributed by atoms with E-state index < -0.39 is 0 Å². The van der Waals surface area contributed by atoms with Gasteiger partial charge in [-0.2, -0.15) is 5.10 Å². The fraction of sp³-hybridized carbons (Fsp3) is 0.300. The number of piperazine rings is 1. The van der Waals surface area contributed by atoms with Crippen LogP contribution in [-0.4, -0.2) is 56.7 Å². The van der Waals surface area contributed by atoms with Crippen LogP contribution in [0.3, 0.4) is 0 Å². The highest BCUT2D eigenvalue weighted by Gasteiger charge is 2.17. The Kier molecular flexibility index (Phi) is 5.24. The largest absolute Gasteiger partial charge is 0.297 e. The van der Waals surface area contributed by atoms with E-state index >= 15 is 0 Å². The summed E-state index contributed by atoms with van der Waals surface area (Å²) in [5.74, 6) is 0. The van der Waals surface area contributed by atoms with E-state index in [1.165, 1.54) is 5.56 Å². The molecular weight excluding hydrogens is 342 g/mol. The normalized spacial score (nSPS) is 16.6. The molecule has 3 heterocycles. The molecule has 0 atom stereocenters. The van der Waals surface area contributed by atoms with E-state index in [-0.39, 0.29) is 0 Å². The van der Waals surface area contributed by atoms with E-state index in [0.717, 1.165) is 49.8 Å². The molecule has 0 saturated carbocycles. The predicted molar refractivity (Wildman–Crippen MR) is 108 cm³/mol. The van der Waals surface area contributed by atoms with E-state index in [1.807, 2.05) is 39.5 Å². The summed E-state index contributed by atoms with van der Waals surface area (Å²) in [6.07, 6.45) is 6.42. The van der Waals surface area contributed by atoms with Crippen LogP contribution >= 0.6 is 12.2 Å². The van der Waals surface area contributed by atoms with E-state index in [0.29, 0.717) is 0 Å². The molecule has 0 N–H and O–H groups in total. The Hall–Kier alpha value is -2.28. The lowest BCUT2D eigenvalue weighted by Gasteiger charge is -2.33. The predicted octanol–water partition coefficient (Wildman–Crippen LogP) is 3.15. The molecule has 1 aliphatic heterocycles. The van der Waals surface area contributed by atoms with E-state index in [1.54, 1.807) is 0 Å². The third-order valence-corrected chi connectivity index (χ3v) is 5.17. The molecule has 0 amide bonds. The molecule has 4 rings (SSSR count). The fourth-order valence-corrected chi connectivity index (χ4v) is 3.52. The number of fused-ring (bicyclic) bond motifs is 1. The standard InChI is InChI=1S/C20H23N5S/c26-20-24-12-5-4-10-19(24)21-25(20)17-23-15-13-22(14-16-23)11-6-9-18-7-2-1-3-8-18/h1-10,12H,11,13-17H2/b9-6+. The minimum Gasteiger partial charge on any atom is -0.297 e. The van der Waals surface area contributed by atoms with Gasteiger partial charge in [0.25, 0.3) is 0 Å². The Bertz CT molecular complexity index is 935. The summed E-state index contributed by atoms with van der Waals surface area (Å²) in [7, 11) is 0. The molecule has 3 aromatic rings. The Balaban J connectivity index is 1.30. The Labute approximate surface area is 158 Å².